The van der Waals surface area contributed by atoms with Crippen LogP contribution in [0.5, 0.6) is 0 Å². The Hall–Kier alpha value is -0.940. The standard InChI is InChI=1S/C13H24N2O3/c1-9-5-11(17)15(12(18)6-9)8-10(16)7-14-13(2,3)4/h9-10,14,16H,5-8H2,1-4H3. The van der Waals surface area contributed by atoms with Gasteiger partial charge in [0.2, 0.25) is 11.8 Å². The highest BCUT2D eigenvalue weighted by molar-refractivity contribution is 5.97. The lowest BCUT2D eigenvalue weighted by Crippen LogP contribution is -2.50. The van der Waals surface area contributed by atoms with Crippen LogP contribution < -0.4 is 5.32 Å². The van der Waals surface area contributed by atoms with E-state index >= 15 is 0 Å². The molecule has 5 heteroatoms. The zero-order chi connectivity index (χ0) is 13.9. The fraction of sp³-hybridized carbons (Fsp3) is 0.846. The molecule has 0 bridgehead atoms. The predicted octanol–water partition coefficient (Wildman–Crippen LogP) is 0.520. The van der Waals surface area contributed by atoms with E-state index < -0.39 is 6.10 Å². The second kappa shape index (κ2) is 5.80. The monoisotopic (exact) mass is 256 g/mol. The number of carbonyl (C=O) groups is 2. The van der Waals surface area contributed by atoms with Crippen LogP contribution in [-0.4, -0.2) is 46.6 Å². The number of hydrogen-bond donors (Lipinski definition) is 2. The van der Waals surface area contributed by atoms with Crippen molar-refractivity contribution < 1.29 is 14.7 Å². The summed E-state index contributed by atoms with van der Waals surface area (Å²) in [4.78, 5) is 24.6. The lowest BCUT2D eigenvalue weighted by atomic mass is 9.97. The van der Waals surface area contributed by atoms with Crippen LogP contribution in [-0.2, 0) is 9.59 Å². The van der Waals surface area contributed by atoms with Gasteiger partial charge in [-0.3, -0.25) is 14.5 Å². The Morgan fingerprint density at radius 1 is 1.33 bits per heavy atom. The molecular formula is C13H24N2O3. The predicted molar refractivity (Wildman–Crippen MR) is 68.9 cm³/mol. The molecule has 1 unspecified atom stereocenters. The number of carbonyl (C=O) groups excluding carboxylic acids is 2. The molecule has 1 rings (SSSR count). The minimum absolute atomic E-state index is 0.0907. The quantitative estimate of drug-likeness (QED) is 0.720. The van der Waals surface area contributed by atoms with Crippen LogP contribution in [0.15, 0.2) is 0 Å². The molecule has 0 radical (unpaired) electrons. The molecule has 1 saturated heterocycles. The number of rotatable bonds is 4. The van der Waals surface area contributed by atoms with E-state index in [9.17, 15) is 14.7 Å². The van der Waals surface area contributed by atoms with Gasteiger partial charge in [0, 0.05) is 24.9 Å². The topological polar surface area (TPSA) is 69.6 Å². The minimum atomic E-state index is -0.717. The molecule has 1 aliphatic heterocycles. The highest BCUT2D eigenvalue weighted by Crippen LogP contribution is 2.18. The van der Waals surface area contributed by atoms with E-state index in [0.29, 0.717) is 19.4 Å². The first kappa shape index (κ1) is 15.1. The van der Waals surface area contributed by atoms with Crippen molar-refractivity contribution in [2.45, 2.75) is 52.2 Å². The normalized spacial score (nSPS) is 20.4. The molecule has 5 nitrogen and oxygen atoms in total. The Labute approximate surface area is 109 Å². The number of aliphatic hydroxyl groups excluding tert-OH is 1. The molecule has 0 aliphatic carbocycles. The van der Waals surface area contributed by atoms with Gasteiger partial charge in [-0.1, -0.05) is 6.92 Å². The van der Waals surface area contributed by atoms with Crippen molar-refractivity contribution in [2.75, 3.05) is 13.1 Å². The van der Waals surface area contributed by atoms with E-state index in [0.717, 1.165) is 0 Å². The average molecular weight is 256 g/mol. The summed E-state index contributed by atoms with van der Waals surface area (Å²) in [5.41, 5.74) is -0.0919. The van der Waals surface area contributed by atoms with E-state index in [4.69, 9.17) is 0 Å². The molecule has 2 N–H and O–H groups in total. The van der Waals surface area contributed by atoms with Crippen molar-refractivity contribution in [2.24, 2.45) is 5.92 Å². The van der Waals surface area contributed by atoms with Gasteiger partial charge in [0.05, 0.1) is 12.6 Å². The van der Waals surface area contributed by atoms with Gasteiger partial charge < -0.3 is 10.4 Å². The Kier molecular flexibility index (Phi) is 4.87. The van der Waals surface area contributed by atoms with E-state index in [1.165, 1.54) is 4.90 Å². The van der Waals surface area contributed by atoms with Crippen LogP contribution in [0.2, 0.25) is 0 Å². The van der Waals surface area contributed by atoms with E-state index in [2.05, 4.69) is 5.32 Å². The second-order valence-corrected chi connectivity index (χ2v) is 6.20. The van der Waals surface area contributed by atoms with Gasteiger partial charge in [0.15, 0.2) is 0 Å². The average Bonchev–Trinajstić information content (AvgIpc) is 2.19. The van der Waals surface area contributed by atoms with Crippen LogP contribution in [0.4, 0.5) is 0 Å². The Bertz CT molecular complexity index is 305. The van der Waals surface area contributed by atoms with Crippen molar-refractivity contribution in [1.82, 2.24) is 10.2 Å². The van der Waals surface area contributed by atoms with E-state index in [1.54, 1.807) is 0 Å². The summed E-state index contributed by atoms with van der Waals surface area (Å²) in [7, 11) is 0. The molecular weight excluding hydrogens is 232 g/mol. The van der Waals surface area contributed by atoms with Gasteiger partial charge in [0.25, 0.3) is 0 Å². The third-order valence-corrected chi connectivity index (χ3v) is 2.91. The summed E-state index contributed by atoms with van der Waals surface area (Å²) in [6.45, 7) is 8.35. The first-order valence-corrected chi connectivity index (χ1v) is 6.45. The smallest absolute Gasteiger partial charge is 0.229 e. The SMILES string of the molecule is CC1CC(=O)N(CC(O)CNC(C)(C)C)C(=O)C1. The van der Waals surface area contributed by atoms with E-state index in [-0.39, 0.29) is 29.8 Å². The number of aliphatic hydroxyl groups is 1. The number of nitrogens with zero attached hydrogens (tertiary/aromatic N) is 1. The fourth-order valence-electron chi connectivity index (χ4n) is 1.93. The molecule has 1 atom stereocenters. The van der Waals surface area contributed by atoms with Crippen molar-refractivity contribution in [1.29, 1.82) is 0 Å². The molecule has 1 heterocycles. The first-order chi connectivity index (χ1) is 8.19. The lowest BCUT2D eigenvalue weighted by molar-refractivity contribution is -0.151. The molecule has 18 heavy (non-hydrogen) atoms. The number of nitrogens with one attached hydrogen (secondary N) is 1. The summed E-state index contributed by atoms with van der Waals surface area (Å²) in [6.07, 6.45) is 0.0709. The number of amides is 2. The molecule has 2 amide bonds. The zero-order valence-electron chi connectivity index (χ0n) is 11.7. The highest BCUT2D eigenvalue weighted by atomic mass is 16.3. The van der Waals surface area contributed by atoms with Crippen LogP contribution in [0.25, 0.3) is 0 Å². The van der Waals surface area contributed by atoms with Crippen molar-refractivity contribution >= 4 is 11.8 Å². The van der Waals surface area contributed by atoms with Gasteiger partial charge in [-0.05, 0) is 26.7 Å². The fourth-order valence-corrected chi connectivity index (χ4v) is 1.93. The molecule has 0 spiro atoms. The van der Waals surface area contributed by atoms with Crippen LogP contribution in [0, 0.1) is 5.92 Å². The van der Waals surface area contributed by atoms with Crippen molar-refractivity contribution in [3.05, 3.63) is 0 Å². The number of β-amino-alcohol motifs (C(OH)–C–C–N with tert-alkyl or cyclic N) is 1. The molecule has 0 aromatic rings. The largest absolute Gasteiger partial charge is 0.390 e. The summed E-state index contributed by atoms with van der Waals surface area (Å²) < 4.78 is 0. The van der Waals surface area contributed by atoms with Gasteiger partial charge >= 0.3 is 0 Å². The summed E-state index contributed by atoms with van der Waals surface area (Å²) in [5.74, 6) is -0.229. The maximum atomic E-state index is 11.7. The molecule has 0 aromatic heterocycles. The van der Waals surface area contributed by atoms with Gasteiger partial charge in [-0.25, -0.2) is 0 Å². The maximum absolute atomic E-state index is 11.7. The minimum Gasteiger partial charge on any atom is -0.390 e. The Morgan fingerprint density at radius 3 is 2.28 bits per heavy atom. The summed E-state index contributed by atoms with van der Waals surface area (Å²) in [5, 5.41) is 13.0. The number of imide groups is 1. The first-order valence-electron chi connectivity index (χ1n) is 6.45. The Morgan fingerprint density at radius 2 is 1.83 bits per heavy atom. The van der Waals surface area contributed by atoms with Crippen molar-refractivity contribution in [3.8, 4) is 0 Å². The number of hydrogen-bond acceptors (Lipinski definition) is 4. The van der Waals surface area contributed by atoms with Gasteiger partial charge in [-0.15, -0.1) is 0 Å². The second-order valence-electron chi connectivity index (χ2n) is 6.20. The summed E-state index contributed by atoms with van der Waals surface area (Å²) in [6, 6.07) is 0. The highest BCUT2D eigenvalue weighted by Gasteiger charge is 2.31. The number of piperidine rings is 1. The number of likely N-dealkylation sites (tertiary alicyclic amines) is 1. The van der Waals surface area contributed by atoms with Gasteiger partial charge in [0.1, 0.15) is 0 Å². The summed E-state index contributed by atoms with van der Waals surface area (Å²) >= 11 is 0. The molecule has 104 valence electrons. The van der Waals surface area contributed by atoms with Crippen molar-refractivity contribution in [3.63, 3.8) is 0 Å². The third-order valence-electron chi connectivity index (χ3n) is 2.91. The lowest BCUT2D eigenvalue weighted by Gasteiger charge is -2.31. The van der Waals surface area contributed by atoms with Crippen LogP contribution in [0.3, 0.4) is 0 Å². The Balaban J connectivity index is 2.46. The molecule has 0 aromatic carbocycles. The van der Waals surface area contributed by atoms with E-state index in [1.807, 2.05) is 27.7 Å². The maximum Gasteiger partial charge on any atom is 0.229 e. The van der Waals surface area contributed by atoms with Crippen LogP contribution in [0.1, 0.15) is 40.5 Å². The van der Waals surface area contributed by atoms with Crippen LogP contribution >= 0.6 is 0 Å². The zero-order valence-corrected chi connectivity index (χ0v) is 11.7. The molecule has 1 fully saturated rings. The molecule has 1 aliphatic rings. The third kappa shape index (κ3) is 4.74. The molecule has 0 saturated carbocycles. The van der Waals surface area contributed by atoms with Gasteiger partial charge in [-0.2, -0.15) is 0 Å².